The fourth-order valence-corrected chi connectivity index (χ4v) is 2.66. The molecule has 1 heterocycles. The summed E-state index contributed by atoms with van der Waals surface area (Å²) in [5.41, 5.74) is 2.94. The molecule has 0 radical (unpaired) electrons. The third-order valence-corrected chi connectivity index (χ3v) is 4.28. The maximum absolute atomic E-state index is 6.30. The van der Waals surface area contributed by atoms with E-state index in [-0.39, 0.29) is 0 Å². The number of hydrogen-bond donors (Lipinski definition) is 1. The Morgan fingerprint density at radius 3 is 2.50 bits per heavy atom. The highest BCUT2D eigenvalue weighted by Gasteiger charge is 2.40. The molecule has 0 bridgehead atoms. The molecular formula is C14H20ClN. The molecule has 1 N–H and O–H groups in total. The highest BCUT2D eigenvalue weighted by Crippen LogP contribution is 2.37. The number of nitrogens with one attached hydrogen (secondary N) is 1. The van der Waals surface area contributed by atoms with Gasteiger partial charge in [-0.05, 0) is 36.5 Å². The quantitative estimate of drug-likeness (QED) is 0.849. The molecule has 0 spiro atoms. The topological polar surface area (TPSA) is 12.0 Å². The summed E-state index contributed by atoms with van der Waals surface area (Å²) in [6.07, 6.45) is 1.09. The molecular weight excluding hydrogens is 218 g/mol. The van der Waals surface area contributed by atoms with E-state index in [2.05, 4.69) is 44.3 Å². The summed E-state index contributed by atoms with van der Waals surface area (Å²) in [5.74, 6) is 0.700. The molecule has 0 unspecified atom stereocenters. The van der Waals surface area contributed by atoms with E-state index in [9.17, 15) is 0 Å². The second kappa shape index (κ2) is 4.38. The smallest absolute Gasteiger partial charge is 0.0440 e. The SMILES string of the molecule is Cc1ccc(CC2(C(C)C)CNC2)c(Cl)c1. The first-order chi connectivity index (χ1) is 7.53. The van der Waals surface area contributed by atoms with Crippen LogP contribution in [0.15, 0.2) is 18.2 Å². The monoisotopic (exact) mass is 237 g/mol. The van der Waals surface area contributed by atoms with Gasteiger partial charge in [0, 0.05) is 23.5 Å². The summed E-state index contributed by atoms with van der Waals surface area (Å²) in [6.45, 7) is 8.94. The van der Waals surface area contributed by atoms with Crippen molar-refractivity contribution in [2.75, 3.05) is 13.1 Å². The van der Waals surface area contributed by atoms with E-state index < -0.39 is 0 Å². The number of benzene rings is 1. The van der Waals surface area contributed by atoms with Gasteiger partial charge < -0.3 is 5.32 Å². The maximum atomic E-state index is 6.30. The van der Waals surface area contributed by atoms with E-state index in [4.69, 9.17) is 11.6 Å². The molecule has 1 aromatic carbocycles. The van der Waals surface area contributed by atoms with Crippen LogP contribution < -0.4 is 5.32 Å². The minimum Gasteiger partial charge on any atom is -0.315 e. The van der Waals surface area contributed by atoms with Gasteiger partial charge in [-0.15, -0.1) is 0 Å². The highest BCUT2D eigenvalue weighted by atomic mass is 35.5. The first-order valence-electron chi connectivity index (χ1n) is 5.99. The van der Waals surface area contributed by atoms with Crippen LogP contribution in [0, 0.1) is 18.3 Å². The fraction of sp³-hybridized carbons (Fsp3) is 0.571. The Morgan fingerprint density at radius 1 is 1.38 bits per heavy atom. The van der Waals surface area contributed by atoms with Gasteiger partial charge in [-0.25, -0.2) is 0 Å². The second-order valence-electron chi connectivity index (χ2n) is 5.39. The summed E-state index contributed by atoms with van der Waals surface area (Å²) in [7, 11) is 0. The normalized spacial score (nSPS) is 18.6. The van der Waals surface area contributed by atoms with Gasteiger partial charge in [0.2, 0.25) is 0 Å². The third kappa shape index (κ3) is 2.11. The average Bonchev–Trinajstić information content (AvgIpc) is 2.13. The molecule has 88 valence electrons. The van der Waals surface area contributed by atoms with Gasteiger partial charge in [-0.1, -0.05) is 37.6 Å². The zero-order chi connectivity index (χ0) is 11.8. The predicted octanol–water partition coefficient (Wildman–Crippen LogP) is 3.44. The predicted molar refractivity (Wildman–Crippen MR) is 70.0 cm³/mol. The summed E-state index contributed by atoms with van der Waals surface area (Å²) in [6, 6.07) is 6.40. The second-order valence-corrected chi connectivity index (χ2v) is 5.80. The van der Waals surface area contributed by atoms with Crippen molar-refractivity contribution in [1.82, 2.24) is 5.32 Å². The Labute approximate surface area is 103 Å². The molecule has 0 aromatic heterocycles. The van der Waals surface area contributed by atoms with E-state index in [1.165, 1.54) is 11.1 Å². The summed E-state index contributed by atoms with van der Waals surface area (Å²) in [4.78, 5) is 0. The summed E-state index contributed by atoms with van der Waals surface area (Å²) in [5, 5.41) is 4.31. The lowest BCUT2D eigenvalue weighted by Crippen LogP contribution is -2.57. The molecule has 1 nitrogen and oxygen atoms in total. The zero-order valence-electron chi connectivity index (χ0n) is 10.3. The summed E-state index contributed by atoms with van der Waals surface area (Å²) < 4.78 is 0. The highest BCUT2D eigenvalue weighted by molar-refractivity contribution is 6.31. The lowest BCUT2D eigenvalue weighted by molar-refractivity contribution is 0.0995. The fourth-order valence-electron chi connectivity index (χ4n) is 2.36. The lowest BCUT2D eigenvalue weighted by Gasteiger charge is -2.46. The Morgan fingerprint density at radius 2 is 2.06 bits per heavy atom. The molecule has 0 aliphatic carbocycles. The van der Waals surface area contributed by atoms with Gasteiger partial charge >= 0.3 is 0 Å². The van der Waals surface area contributed by atoms with Crippen molar-refractivity contribution in [1.29, 1.82) is 0 Å². The molecule has 0 atom stereocenters. The van der Waals surface area contributed by atoms with Crippen LogP contribution in [0.2, 0.25) is 5.02 Å². The Hall–Kier alpha value is -0.530. The van der Waals surface area contributed by atoms with Crippen LogP contribution in [0.3, 0.4) is 0 Å². The van der Waals surface area contributed by atoms with Gasteiger partial charge in [0.15, 0.2) is 0 Å². The summed E-state index contributed by atoms with van der Waals surface area (Å²) >= 11 is 6.30. The van der Waals surface area contributed by atoms with E-state index >= 15 is 0 Å². The van der Waals surface area contributed by atoms with Gasteiger partial charge in [0.25, 0.3) is 0 Å². The molecule has 0 amide bonds. The van der Waals surface area contributed by atoms with Gasteiger partial charge in [0.1, 0.15) is 0 Å². The first-order valence-corrected chi connectivity index (χ1v) is 6.37. The average molecular weight is 238 g/mol. The van der Waals surface area contributed by atoms with Crippen molar-refractivity contribution in [2.24, 2.45) is 11.3 Å². The lowest BCUT2D eigenvalue weighted by atomic mass is 9.68. The molecule has 1 aliphatic rings. The molecule has 16 heavy (non-hydrogen) atoms. The van der Waals surface area contributed by atoms with Crippen LogP contribution in [0.1, 0.15) is 25.0 Å². The van der Waals surface area contributed by atoms with Crippen LogP contribution in [-0.2, 0) is 6.42 Å². The van der Waals surface area contributed by atoms with Crippen molar-refractivity contribution in [3.63, 3.8) is 0 Å². The molecule has 1 aliphatic heterocycles. The van der Waals surface area contributed by atoms with Crippen molar-refractivity contribution >= 4 is 11.6 Å². The van der Waals surface area contributed by atoms with Crippen LogP contribution in [0.4, 0.5) is 0 Å². The zero-order valence-corrected chi connectivity index (χ0v) is 11.1. The molecule has 1 aromatic rings. The van der Waals surface area contributed by atoms with Gasteiger partial charge in [-0.3, -0.25) is 0 Å². The molecule has 2 heteroatoms. The van der Waals surface area contributed by atoms with Crippen molar-refractivity contribution in [3.05, 3.63) is 34.3 Å². The van der Waals surface area contributed by atoms with Gasteiger partial charge in [-0.2, -0.15) is 0 Å². The number of rotatable bonds is 3. The van der Waals surface area contributed by atoms with E-state index in [0.717, 1.165) is 24.5 Å². The van der Waals surface area contributed by atoms with Crippen molar-refractivity contribution in [2.45, 2.75) is 27.2 Å². The Bertz CT molecular complexity index is 380. The molecule has 2 rings (SSSR count). The van der Waals surface area contributed by atoms with E-state index in [1.807, 2.05) is 0 Å². The largest absolute Gasteiger partial charge is 0.315 e. The Balaban J connectivity index is 2.20. The first kappa shape index (κ1) is 11.9. The Kier molecular flexibility index (Phi) is 3.27. The van der Waals surface area contributed by atoms with Crippen molar-refractivity contribution in [3.8, 4) is 0 Å². The van der Waals surface area contributed by atoms with Gasteiger partial charge in [0.05, 0.1) is 0 Å². The minimum atomic E-state index is 0.416. The standard InChI is InChI=1S/C14H20ClN/c1-10(2)14(8-16-9-14)7-12-5-4-11(3)6-13(12)15/h4-6,10,16H,7-9H2,1-3H3. The number of aryl methyl sites for hydroxylation is 1. The minimum absolute atomic E-state index is 0.416. The maximum Gasteiger partial charge on any atom is 0.0440 e. The van der Waals surface area contributed by atoms with Crippen LogP contribution in [0.25, 0.3) is 0 Å². The van der Waals surface area contributed by atoms with E-state index in [1.54, 1.807) is 0 Å². The number of halogens is 1. The third-order valence-electron chi connectivity index (χ3n) is 3.93. The van der Waals surface area contributed by atoms with Crippen LogP contribution in [-0.4, -0.2) is 13.1 Å². The number of hydrogen-bond acceptors (Lipinski definition) is 1. The van der Waals surface area contributed by atoms with Crippen LogP contribution >= 0.6 is 11.6 Å². The van der Waals surface area contributed by atoms with Crippen LogP contribution in [0.5, 0.6) is 0 Å². The molecule has 0 saturated carbocycles. The van der Waals surface area contributed by atoms with E-state index in [0.29, 0.717) is 11.3 Å². The molecule has 1 fully saturated rings. The van der Waals surface area contributed by atoms with Crippen molar-refractivity contribution < 1.29 is 0 Å². The molecule has 1 saturated heterocycles.